The van der Waals surface area contributed by atoms with Crippen LogP contribution in [0.5, 0.6) is 23.1 Å². The van der Waals surface area contributed by atoms with Gasteiger partial charge in [-0.15, -0.1) is 0 Å². The highest BCUT2D eigenvalue weighted by atomic mass is 16.5. The zero-order valence-electron chi connectivity index (χ0n) is 17.8. The summed E-state index contributed by atoms with van der Waals surface area (Å²) in [6, 6.07) is 12.1. The van der Waals surface area contributed by atoms with Gasteiger partial charge in [-0.1, -0.05) is 12.1 Å². The molecule has 0 bridgehead atoms. The number of aromatic nitrogens is 1. The van der Waals surface area contributed by atoms with E-state index < -0.39 is 5.97 Å². The fourth-order valence-electron chi connectivity index (χ4n) is 3.33. The van der Waals surface area contributed by atoms with E-state index in [9.17, 15) is 9.59 Å². The molecule has 2 heterocycles. The normalized spacial score (nSPS) is 13.6. The molecule has 0 spiro atoms. The number of rotatable bonds is 7. The van der Waals surface area contributed by atoms with E-state index in [1.54, 1.807) is 44.4 Å². The summed E-state index contributed by atoms with van der Waals surface area (Å²) in [4.78, 5) is 25.1. The number of nitrogens with zero attached hydrogens (tertiary/aromatic N) is 1. The van der Waals surface area contributed by atoms with E-state index >= 15 is 0 Å². The molecule has 0 fully saturated rings. The third-order valence-corrected chi connectivity index (χ3v) is 4.89. The summed E-state index contributed by atoms with van der Waals surface area (Å²) in [6.07, 6.45) is 2.07. The lowest BCUT2D eigenvalue weighted by molar-refractivity contribution is -0.134. The second-order valence-electron chi connectivity index (χ2n) is 7.14. The van der Waals surface area contributed by atoms with Crippen molar-refractivity contribution in [2.75, 3.05) is 14.2 Å². The monoisotopic (exact) mass is 435 g/mol. The quantitative estimate of drug-likeness (QED) is 0.310. The molecule has 164 valence electrons. The van der Waals surface area contributed by atoms with Crippen LogP contribution in [0.3, 0.4) is 0 Å². The van der Waals surface area contributed by atoms with Crippen LogP contribution in [-0.2, 0) is 11.2 Å². The Morgan fingerprint density at radius 1 is 1.09 bits per heavy atom. The van der Waals surface area contributed by atoms with Gasteiger partial charge in [-0.2, -0.15) is 0 Å². The third kappa shape index (κ3) is 4.49. The molecule has 0 N–H and O–H groups in total. The number of ether oxygens (including phenoxy) is 4. The number of esters is 1. The van der Waals surface area contributed by atoms with E-state index in [0.717, 1.165) is 5.56 Å². The van der Waals surface area contributed by atoms with Gasteiger partial charge in [0.05, 0.1) is 26.2 Å². The molecule has 0 saturated heterocycles. The highest BCUT2D eigenvalue weighted by molar-refractivity contribution is 6.15. The first-order chi connectivity index (χ1) is 15.5. The predicted molar refractivity (Wildman–Crippen MR) is 114 cm³/mol. The number of methoxy groups -OCH3 is 2. The fourth-order valence-corrected chi connectivity index (χ4v) is 3.33. The molecule has 2 aromatic carbocycles. The lowest BCUT2D eigenvalue weighted by atomic mass is 10.0. The second-order valence-corrected chi connectivity index (χ2v) is 7.14. The van der Waals surface area contributed by atoms with Gasteiger partial charge in [0.25, 0.3) is 5.88 Å². The lowest BCUT2D eigenvalue weighted by Gasteiger charge is -2.07. The maximum absolute atomic E-state index is 12.8. The summed E-state index contributed by atoms with van der Waals surface area (Å²) < 4.78 is 26.5. The van der Waals surface area contributed by atoms with Crippen molar-refractivity contribution in [1.82, 2.24) is 5.16 Å². The van der Waals surface area contributed by atoms with Crippen molar-refractivity contribution in [2.45, 2.75) is 19.8 Å². The maximum Gasteiger partial charge on any atom is 0.311 e. The summed E-state index contributed by atoms with van der Waals surface area (Å²) in [6.45, 7) is 1.77. The van der Waals surface area contributed by atoms with E-state index in [0.29, 0.717) is 46.4 Å². The fraction of sp³-hybridized carbons (Fsp3) is 0.208. The first-order valence-electron chi connectivity index (χ1n) is 9.90. The van der Waals surface area contributed by atoms with Crippen molar-refractivity contribution in [1.29, 1.82) is 0 Å². The van der Waals surface area contributed by atoms with E-state index in [-0.39, 0.29) is 18.0 Å². The van der Waals surface area contributed by atoms with Gasteiger partial charge in [0.2, 0.25) is 5.78 Å². The summed E-state index contributed by atoms with van der Waals surface area (Å²) >= 11 is 0. The Kier molecular flexibility index (Phi) is 5.93. The van der Waals surface area contributed by atoms with Crippen LogP contribution in [0.4, 0.5) is 0 Å². The maximum atomic E-state index is 12.8. The van der Waals surface area contributed by atoms with E-state index in [4.69, 9.17) is 23.5 Å². The number of carbonyl (C=O) groups is 2. The van der Waals surface area contributed by atoms with Crippen molar-refractivity contribution in [2.24, 2.45) is 0 Å². The minimum absolute atomic E-state index is 0.0925. The molecule has 0 saturated carbocycles. The smallest absolute Gasteiger partial charge is 0.311 e. The van der Waals surface area contributed by atoms with E-state index in [2.05, 4.69) is 5.16 Å². The van der Waals surface area contributed by atoms with Crippen molar-refractivity contribution >= 4 is 17.8 Å². The van der Waals surface area contributed by atoms with Crippen molar-refractivity contribution in [3.05, 3.63) is 70.7 Å². The van der Waals surface area contributed by atoms with Gasteiger partial charge < -0.3 is 23.5 Å². The lowest BCUT2D eigenvalue weighted by Crippen LogP contribution is -2.09. The van der Waals surface area contributed by atoms with Gasteiger partial charge in [-0.05, 0) is 47.5 Å². The van der Waals surface area contributed by atoms with Gasteiger partial charge in [-0.3, -0.25) is 9.59 Å². The van der Waals surface area contributed by atoms with Crippen LogP contribution in [0.2, 0.25) is 0 Å². The molecule has 4 rings (SSSR count). The highest BCUT2D eigenvalue weighted by Crippen LogP contribution is 2.37. The number of carbonyl (C=O) groups excluding carboxylic acids is 2. The minimum Gasteiger partial charge on any atom is -0.497 e. The molecule has 0 aliphatic carbocycles. The van der Waals surface area contributed by atoms with Crippen molar-refractivity contribution in [3.8, 4) is 23.1 Å². The average molecular weight is 435 g/mol. The molecule has 32 heavy (non-hydrogen) atoms. The Labute approximate surface area is 184 Å². The van der Waals surface area contributed by atoms with Crippen LogP contribution >= 0.6 is 0 Å². The molecule has 0 radical (unpaired) electrons. The number of Topliss-reactive ketones (excluding diaryl/α,β-unsaturated/α-hetero) is 1. The predicted octanol–water partition coefficient (Wildman–Crippen LogP) is 4.15. The molecule has 1 aliphatic rings. The number of hydrogen-bond acceptors (Lipinski definition) is 8. The average Bonchev–Trinajstić information content (AvgIpc) is 3.37. The number of aryl methyl sites for hydroxylation is 2. The molecule has 0 atom stereocenters. The number of benzene rings is 2. The van der Waals surface area contributed by atoms with Gasteiger partial charge in [0, 0.05) is 18.6 Å². The van der Waals surface area contributed by atoms with Crippen molar-refractivity contribution in [3.63, 3.8) is 0 Å². The van der Waals surface area contributed by atoms with Crippen LogP contribution in [-0.4, -0.2) is 31.1 Å². The minimum atomic E-state index is -0.448. The Morgan fingerprint density at radius 2 is 1.94 bits per heavy atom. The van der Waals surface area contributed by atoms with Crippen molar-refractivity contribution < 1.29 is 33.1 Å². The molecule has 1 aromatic heterocycles. The summed E-state index contributed by atoms with van der Waals surface area (Å²) in [5.74, 6) is 1.72. The summed E-state index contributed by atoms with van der Waals surface area (Å²) in [5.41, 5.74) is 1.88. The van der Waals surface area contributed by atoms with Gasteiger partial charge in [0.15, 0.2) is 5.76 Å². The summed E-state index contributed by atoms with van der Waals surface area (Å²) in [5, 5.41) is 3.69. The molecular weight excluding hydrogens is 414 g/mol. The Morgan fingerprint density at radius 3 is 2.69 bits per heavy atom. The van der Waals surface area contributed by atoms with Gasteiger partial charge in [-0.25, -0.2) is 0 Å². The third-order valence-electron chi connectivity index (χ3n) is 4.89. The van der Waals surface area contributed by atoms with Crippen LogP contribution in [0.1, 0.15) is 33.7 Å². The topological polar surface area (TPSA) is 97.1 Å². The molecular formula is C24H21NO7. The largest absolute Gasteiger partial charge is 0.497 e. The molecule has 8 nitrogen and oxygen atoms in total. The first-order valence-corrected chi connectivity index (χ1v) is 9.90. The molecule has 0 amide bonds. The van der Waals surface area contributed by atoms with E-state index in [1.807, 2.05) is 18.2 Å². The Hall–Kier alpha value is -4.07. The second kappa shape index (κ2) is 8.97. The zero-order valence-corrected chi connectivity index (χ0v) is 17.8. The highest BCUT2D eigenvalue weighted by Gasteiger charge is 2.30. The van der Waals surface area contributed by atoms with Gasteiger partial charge >= 0.3 is 5.97 Å². The number of fused-ring (bicyclic) bond motifs is 1. The van der Waals surface area contributed by atoms with Crippen LogP contribution in [0.15, 0.2) is 52.7 Å². The number of hydrogen-bond donors (Lipinski definition) is 0. The number of allylic oxidation sites excluding steroid dienone is 1. The summed E-state index contributed by atoms with van der Waals surface area (Å²) in [7, 11) is 3.06. The molecule has 0 unspecified atom stereocenters. The molecule has 3 aromatic rings. The molecule has 1 aliphatic heterocycles. The number of ketones is 1. The first kappa shape index (κ1) is 21.2. The van der Waals surface area contributed by atoms with Crippen LogP contribution in [0, 0.1) is 6.92 Å². The van der Waals surface area contributed by atoms with Crippen LogP contribution in [0.25, 0.3) is 6.08 Å². The van der Waals surface area contributed by atoms with Gasteiger partial charge in [0.1, 0.15) is 23.0 Å². The zero-order chi connectivity index (χ0) is 22.7. The molecule has 8 heteroatoms. The SMILES string of the molecule is COc1cccc(/C=C2\Oc3cc(OC(=O)CCc4cc(OC)no4)cc(C)c3C2=O)c1. The van der Waals surface area contributed by atoms with Crippen LogP contribution < -0.4 is 18.9 Å². The van der Waals surface area contributed by atoms with E-state index in [1.165, 1.54) is 7.11 Å². The standard InChI is InChI=1S/C24H21NO7/c1-14-9-18(30-22(26)8-7-17-13-21(29-3)25-32-17)12-19-23(14)24(27)20(31-19)11-15-5-4-6-16(10-15)28-2/h4-6,9-13H,7-8H2,1-3H3/b20-11-. The Bertz CT molecular complexity index is 1210. The Balaban J connectivity index is 1.46.